The Labute approximate surface area is 239 Å². The Morgan fingerprint density at radius 3 is 2.49 bits per heavy atom. The molecular weight excluding hydrogens is 557 g/mol. The van der Waals surface area contributed by atoms with Crippen molar-refractivity contribution in [2.45, 2.75) is 38.1 Å². The lowest BCUT2D eigenvalue weighted by Gasteiger charge is -2.34. The highest BCUT2D eigenvalue weighted by atomic mass is 32.1. The van der Waals surface area contributed by atoms with Crippen molar-refractivity contribution in [3.63, 3.8) is 0 Å². The van der Waals surface area contributed by atoms with Gasteiger partial charge in [-0.25, -0.2) is 0 Å². The number of carbonyl (C=O) groups excluding carboxylic acids is 1. The summed E-state index contributed by atoms with van der Waals surface area (Å²) in [5.74, 6) is -0.584. The van der Waals surface area contributed by atoms with E-state index in [0.29, 0.717) is 31.6 Å². The number of pyridine rings is 2. The van der Waals surface area contributed by atoms with E-state index in [2.05, 4.69) is 15.3 Å². The van der Waals surface area contributed by atoms with Gasteiger partial charge < -0.3 is 36.9 Å². The number of alkyl halides is 3. The average molecular weight is 589 g/mol. The molecule has 1 saturated heterocycles. The number of primary amides is 1. The largest absolute Gasteiger partial charge is 0.508 e. The van der Waals surface area contributed by atoms with E-state index in [-0.39, 0.29) is 34.4 Å². The van der Waals surface area contributed by atoms with Crippen LogP contribution in [-0.4, -0.2) is 51.8 Å². The third-order valence-electron chi connectivity index (χ3n) is 7.11. The zero-order valence-corrected chi connectivity index (χ0v) is 23.0. The van der Waals surface area contributed by atoms with E-state index in [1.54, 1.807) is 35.4 Å². The van der Waals surface area contributed by atoms with E-state index < -0.39 is 35.0 Å². The predicted octanol–water partition coefficient (Wildman–Crippen LogP) is 4.00. The molecule has 0 saturated carbocycles. The number of nitrogens with zero attached hydrogens (tertiary/aromatic N) is 2. The summed E-state index contributed by atoms with van der Waals surface area (Å²) in [6.45, 7) is 2.39. The van der Waals surface area contributed by atoms with Crippen molar-refractivity contribution in [2.24, 2.45) is 11.5 Å². The highest BCUT2D eigenvalue weighted by Crippen LogP contribution is 2.37. The van der Waals surface area contributed by atoms with Crippen molar-refractivity contribution in [1.29, 1.82) is 0 Å². The maximum atomic E-state index is 14.0. The molecule has 1 aromatic carbocycles. The van der Waals surface area contributed by atoms with Gasteiger partial charge >= 0.3 is 6.18 Å². The Morgan fingerprint density at radius 1 is 1.20 bits per heavy atom. The number of phenols is 1. The molecule has 3 aromatic rings. The molecule has 0 bridgehead atoms. The van der Waals surface area contributed by atoms with E-state index in [0.717, 1.165) is 17.2 Å². The Balaban J connectivity index is 1.39. The van der Waals surface area contributed by atoms with E-state index in [9.17, 15) is 28.2 Å². The molecule has 0 aliphatic carbocycles. The summed E-state index contributed by atoms with van der Waals surface area (Å²) in [7, 11) is 0. The van der Waals surface area contributed by atoms with Crippen LogP contribution in [0, 0.1) is 4.64 Å². The predicted molar refractivity (Wildman–Crippen MR) is 152 cm³/mol. The number of hydrogen-bond donors (Lipinski definition) is 6. The number of aromatic nitrogens is 2. The summed E-state index contributed by atoms with van der Waals surface area (Å²) in [6.07, 6.45) is -2.76. The maximum Gasteiger partial charge on any atom is 0.417 e. The van der Waals surface area contributed by atoms with E-state index in [1.807, 2.05) is 12.1 Å². The number of phenolic OH excluding ortho intramolecular Hbond substituents is 1. The monoisotopic (exact) mass is 588 g/mol. The molecule has 8 N–H and O–H groups in total. The van der Waals surface area contributed by atoms with Crippen LogP contribution in [0.3, 0.4) is 0 Å². The summed E-state index contributed by atoms with van der Waals surface area (Å²) in [4.78, 5) is 20.5. The standard InChI is InChI=1S/C28H31F3N6O3S/c1-15(26(33)40)25(32)24-20(28(29,30)31)12-23(36-27(24)41)37-9-7-18(8-10-37)34-14-22(39)21-6-5-17(13-35-21)16-3-2-4-19(38)11-16/h2-6,11-13,18,22,34,38-39H,7-10,14,32H2,1H3,(H2,33,40)(H,36,41)/b25-15-. The summed E-state index contributed by atoms with van der Waals surface area (Å²) in [6, 6.07) is 11.3. The van der Waals surface area contributed by atoms with Gasteiger partial charge in [0.1, 0.15) is 22.3 Å². The molecular formula is C28H31F3N6O3S. The number of nitrogens with two attached hydrogens (primary N) is 2. The summed E-state index contributed by atoms with van der Waals surface area (Å²) in [5.41, 5.74) is 11.0. The lowest BCUT2D eigenvalue weighted by molar-refractivity contribution is -0.137. The lowest BCUT2D eigenvalue weighted by Crippen LogP contribution is -2.44. The van der Waals surface area contributed by atoms with Crippen LogP contribution in [0.15, 0.2) is 54.2 Å². The van der Waals surface area contributed by atoms with Crippen LogP contribution in [0.25, 0.3) is 16.8 Å². The molecule has 0 radical (unpaired) electrons. The van der Waals surface area contributed by atoms with Crippen LogP contribution in [0.4, 0.5) is 19.0 Å². The van der Waals surface area contributed by atoms with Gasteiger partial charge in [0.25, 0.3) is 0 Å². The fraction of sp³-hybridized carbons (Fsp3) is 0.321. The first-order valence-corrected chi connectivity index (χ1v) is 13.3. The van der Waals surface area contributed by atoms with Gasteiger partial charge in [0, 0.05) is 48.6 Å². The molecule has 1 fully saturated rings. The van der Waals surface area contributed by atoms with Crippen LogP contribution in [-0.2, 0) is 11.0 Å². The number of piperidine rings is 1. The second-order valence-electron chi connectivity index (χ2n) is 9.88. The van der Waals surface area contributed by atoms with Crippen molar-refractivity contribution in [2.75, 3.05) is 24.5 Å². The zero-order valence-electron chi connectivity index (χ0n) is 22.2. The first-order chi connectivity index (χ1) is 19.3. The van der Waals surface area contributed by atoms with Gasteiger partial charge in [0.15, 0.2) is 0 Å². The molecule has 1 aliphatic heterocycles. The Bertz CT molecular complexity index is 1500. The fourth-order valence-corrected chi connectivity index (χ4v) is 5.02. The van der Waals surface area contributed by atoms with Crippen molar-refractivity contribution in [3.05, 3.63) is 75.7 Å². The van der Waals surface area contributed by atoms with Gasteiger partial charge in [-0.2, -0.15) is 13.2 Å². The Hall–Kier alpha value is -3.94. The highest BCUT2D eigenvalue weighted by Gasteiger charge is 2.36. The summed E-state index contributed by atoms with van der Waals surface area (Å²) >= 11 is 5.22. The normalized spacial score (nSPS) is 15.9. The van der Waals surface area contributed by atoms with Gasteiger partial charge in [0.2, 0.25) is 5.91 Å². The number of carbonyl (C=O) groups is 1. The van der Waals surface area contributed by atoms with Crippen molar-refractivity contribution in [1.82, 2.24) is 15.3 Å². The number of rotatable bonds is 8. The maximum absolute atomic E-state index is 14.0. The van der Waals surface area contributed by atoms with Crippen LogP contribution in [0.5, 0.6) is 5.75 Å². The number of amides is 1. The number of aromatic hydroxyl groups is 1. The molecule has 1 atom stereocenters. The van der Waals surface area contributed by atoms with Crippen LogP contribution in [0.2, 0.25) is 0 Å². The van der Waals surface area contributed by atoms with Crippen LogP contribution in [0.1, 0.15) is 42.7 Å². The number of anilines is 1. The minimum Gasteiger partial charge on any atom is -0.508 e. The number of aliphatic hydroxyl groups is 1. The van der Waals surface area contributed by atoms with Crippen molar-refractivity contribution < 1.29 is 28.2 Å². The zero-order chi connectivity index (χ0) is 29.9. The second-order valence-corrected chi connectivity index (χ2v) is 10.3. The van der Waals surface area contributed by atoms with Gasteiger partial charge in [0.05, 0.1) is 17.0 Å². The molecule has 2 aromatic heterocycles. The topological polar surface area (TPSA) is 154 Å². The molecule has 3 heterocycles. The molecule has 9 nitrogen and oxygen atoms in total. The highest BCUT2D eigenvalue weighted by molar-refractivity contribution is 7.71. The first kappa shape index (κ1) is 30.0. The minimum absolute atomic E-state index is 0.0357. The quantitative estimate of drug-likeness (QED) is 0.171. The number of benzene rings is 1. The summed E-state index contributed by atoms with van der Waals surface area (Å²) < 4.78 is 41.7. The van der Waals surface area contributed by atoms with Crippen molar-refractivity contribution >= 4 is 29.6 Å². The Kier molecular flexibility index (Phi) is 9.00. The number of aliphatic hydroxyl groups excluding tert-OH is 1. The fourth-order valence-electron chi connectivity index (χ4n) is 4.69. The number of halogens is 3. The number of hydrogen-bond acceptors (Lipinski definition) is 8. The second kappa shape index (κ2) is 12.3. The molecule has 1 amide bonds. The minimum atomic E-state index is -4.76. The number of aromatic amines is 1. The van der Waals surface area contributed by atoms with Gasteiger partial charge in [-0.05, 0) is 49.6 Å². The smallest absolute Gasteiger partial charge is 0.417 e. The van der Waals surface area contributed by atoms with E-state index >= 15 is 0 Å². The third-order valence-corrected chi connectivity index (χ3v) is 7.42. The molecule has 1 aliphatic rings. The SMILES string of the molecule is C/C(C(N)=O)=C(/N)c1c(C(F)(F)F)cc(N2CCC(NCC(O)c3ccc(-c4cccc(O)c4)cn3)CC2)[nH]c1=S. The van der Waals surface area contributed by atoms with E-state index in [4.69, 9.17) is 23.7 Å². The molecule has 0 spiro atoms. The van der Waals surface area contributed by atoms with Gasteiger partial charge in [-0.15, -0.1) is 0 Å². The van der Waals surface area contributed by atoms with Crippen molar-refractivity contribution in [3.8, 4) is 16.9 Å². The number of H-pyrrole nitrogens is 1. The number of nitrogens with one attached hydrogen (secondary N) is 2. The molecule has 41 heavy (non-hydrogen) atoms. The first-order valence-electron chi connectivity index (χ1n) is 12.9. The molecule has 13 heteroatoms. The average Bonchev–Trinajstić information content (AvgIpc) is 2.94. The van der Waals surface area contributed by atoms with E-state index in [1.165, 1.54) is 6.92 Å². The van der Waals surface area contributed by atoms with Crippen LogP contribution >= 0.6 is 12.2 Å². The lowest BCUT2D eigenvalue weighted by atomic mass is 10.0. The molecule has 1 unspecified atom stereocenters. The molecule has 4 rings (SSSR count). The van der Waals surface area contributed by atoms with Gasteiger partial charge in [-0.3, -0.25) is 9.78 Å². The van der Waals surface area contributed by atoms with Crippen LogP contribution < -0.4 is 21.7 Å². The third kappa shape index (κ3) is 7.04. The molecule has 218 valence electrons. The summed E-state index contributed by atoms with van der Waals surface area (Å²) in [5, 5.41) is 23.6. The Morgan fingerprint density at radius 2 is 1.90 bits per heavy atom. The van der Waals surface area contributed by atoms with Gasteiger partial charge in [-0.1, -0.05) is 30.4 Å².